The number of fused-ring (bicyclic) bond motifs is 2. The van der Waals surface area contributed by atoms with Crippen LogP contribution in [-0.2, 0) is 0 Å². The number of aromatic nitrogens is 2. The number of phenols is 1. The van der Waals surface area contributed by atoms with Crippen LogP contribution in [0.25, 0.3) is 21.1 Å². The van der Waals surface area contributed by atoms with Crippen molar-refractivity contribution in [2.24, 2.45) is 0 Å². The molecule has 7 heteroatoms. The van der Waals surface area contributed by atoms with Crippen molar-refractivity contribution < 1.29 is 9.90 Å². The summed E-state index contributed by atoms with van der Waals surface area (Å²) >= 11 is 7.28. The van der Waals surface area contributed by atoms with Gasteiger partial charge in [0.05, 0.1) is 15.8 Å². The lowest BCUT2D eigenvalue weighted by atomic mass is 10.1. The second-order valence-electron chi connectivity index (χ2n) is 5.12. The molecule has 2 aromatic heterocycles. The summed E-state index contributed by atoms with van der Waals surface area (Å²) in [7, 11) is 0. The number of aromatic hydroxyl groups is 1. The molecule has 0 spiro atoms. The number of anilines is 1. The van der Waals surface area contributed by atoms with Crippen molar-refractivity contribution in [3.8, 4) is 5.75 Å². The molecule has 0 aliphatic heterocycles. The highest BCUT2D eigenvalue weighted by molar-refractivity contribution is 7.22. The summed E-state index contributed by atoms with van der Waals surface area (Å²) in [4.78, 5) is 20.9. The zero-order chi connectivity index (χ0) is 16.7. The number of phenolic OH excluding ortho intramolecular Hbond substituents is 1. The van der Waals surface area contributed by atoms with Crippen LogP contribution < -0.4 is 5.32 Å². The van der Waals surface area contributed by atoms with Crippen molar-refractivity contribution in [1.29, 1.82) is 0 Å². The molecular weight excluding hydrogens is 346 g/mol. The summed E-state index contributed by atoms with van der Waals surface area (Å²) in [5, 5.41) is 14.8. The highest BCUT2D eigenvalue weighted by Gasteiger charge is 2.16. The lowest BCUT2D eigenvalue weighted by molar-refractivity contribution is 0.102. The topological polar surface area (TPSA) is 75.1 Å². The Bertz CT molecular complexity index is 1090. The Morgan fingerprint density at radius 2 is 2.08 bits per heavy atom. The van der Waals surface area contributed by atoms with E-state index in [2.05, 4.69) is 15.3 Å². The minimum absolute atomic E-state index is 0.144. The number of hydrogen-bond donors (Lipinski definition) is 2. The first-order valence-electron chi connectivity index (χ1n) is 7.06. The first-order chi connectivity index (χ1) is 11.6. The standard InChI is InChI=1S/C17H10ClN3O2S/c18-10-4-6-12-13(8-10)24-17(20-12)21-16(23)11-5-3-9-2-1-7-19-14(9)15(11)22/h1-8,22H,(H,20,21,23). The maximum absolute atomic E-state index is 12.5. The van der Waals surface area contributed by atoms with Crippen molar-refractivity contribution in [3.63, 3.8) is 0 Å². The highest BCUT2D eigenvalue weighted by Crippen LogP contribution is 2.30. The van der Waals surface area contributed by atoms with Gasteiger partial charge in [-0.05, 0) is 30.3 Å². The number of carbonyl (C=O) groups is 1. The van der Waals surface area contributed by atoms with Gasteiger partial charge in [-0.2, -0.15) is 0 Å². The van der Waals surface area contributed by atoms with Gasteiger partial charge in [0.2, 0.25) is 0 Å². The number of hydrogen-bond acceptors (Lipinski definition) is 5. The van der Waals surface area contributed by atoms with Gasteiger partial charge in [0.25, 0.3) is 5.91 Å². The zero-order valence-electron chi connectivity index (χ0n) is 12.2. The van der Waals surface area contributed by atoms with E-state index in [9.17, 15) is 9.90 Å². The van der Waals surface area contributed by atoms with Gasteiger partial charge in [-0.25, -0.2) is 4.98 Å². The summed E-state index contributed by atoms with van der Waals surface area (Å²) in [6.45, 7) is 0. The monoisotopic (exact) mass is 355 g/mol. The largest absolute Gasteiger partial charge is 0.505 e. The van der Waals surface area contributed by atoms with Crippen LogP contribution in [0.15, 0.2) is 48.7 Å². The third kappa shape index (κ3) is 2.55. The predicted molar refractivity (Wildman–Crippen MR) is 96.0 cm³/mol. The number of benzene rings is 2. The van der Waals surface area contributed by atoms with Crippen molar-refractivity contribution >= 4 is 55.1 Å². The van der Waals surface area contributed by atoms with E-state index in [0.29, 0.717) is 15.7 Å². The Morgan fingerprint density at radius 3 is 2.96 bits per heavy atom. The second-order valence-corrected chi connectivity index (χ2v) is 6.59. The second kappa shape index (κ2) is 5.74. The number of halogens is 1. The van der Waals surface area contributed by atoms with Gasteiger partial charge in [-0.1, -0.05) is 35.1 Å². The lowest BCUT2D eigenvalue weighted by Crippen LogP contribution is -2.12. The van der Waals surface area contributed by atoms with Crippen LogP contribution in [0, 0.1) is 0 Å². The van der Waals surface area contributed by atoms with E-state index < -0.39 is 5.91 Å². The summed E-state index contributed by atoms with van der Waals surface area (Å²) in [5.74, 6) is -0.583. The molecule has 0 unspecified atom stereocenters. The van der Waals surface area contributed by atoms with Gasteiger partial charge >= 0.3 is 0 Å². The van der Waals surface area contributed by atoms with Crippen LogP contribution in [0.1, 0.15) is 10.4 Å². The Hall–Kier alpha value is -2.70. The Kier molecular flexibility index (Phi) is 3.55. The SMILES string of the molecule is O=C(Nc1nc2ccc(Cl)cc2s1)c1ccc2cccnc2c1O. The average Bonchev–Trinajstić information content (AvgIpc) is 2.96. The van der Waals surface area contributed by atoms with Crippen LogP contribution >= 0.6 is 22.9 Å². The molecule has 24 heavy (non-hydrogen) atoms. The fourth-order valence-electron chi connectivity index (χ4n) is 2.43. The number of rotatable bonds is 2. The van der Waals surface area contributed by atoms with Crippen LogP contribution in [0.4, 0.5) is 5.13 Å². The quantitative estimate of drug-likeness (QED) is 0.556. The van der Waals surface area contributed by atoms with Gasteiger partial charge < -0.3 is 5.11 Å². The maximum atomic E-state index is 12.5. The zero-order valence-corrected chi connectivity index (χ0v) is 13.7. The van der Waals surface area contributed by atoms with E-state index in [0.717, 1.165) is 15.6 Å². The normalized spacial score (nSPS) is 11.0. The Balaban J connectivity index is 1.69. The van der Waals surface area contributed by atoms with Crippen molar-refractivity contribution in [2.75, 3.05) is 5.32 Å². The van der Waals surface area contributed by atoms with E-state index in [4.69, 9.17) is 11.6 Å². The van der Waals surface area contributed by atoms with E-state index in [1.165, 1.54) is 11.3 Å². The number of pyridine rings is 1. The average molecular weight is 356 g/mol. The predicted octanol–water partition coefficient (Wildman–Crippen LogP) is 4.46. The van der Waals surface area contributed by atoms with Crippen molar-refractivity contribution in [3.05, 3.63) is 59.2 Å². The van der Waals surface area contributed by atoms with Crippen molar-refractivity contribution in [1.82, 2.24) is 9.97 Å². The van der Waals surface area contributed by atoms with E-state index in [1.54, 1.807) is 42.6 Å². The number of amides is 1. The van der Waals surface area contributed by atoms with Crippen LogP contribution in [0.2, 0.25) is 5.02 Å². The summed E-state index contributed by atoms with van der Waals surface area (Å²) in [6, 6.07) is 12.2. The van der Waals surface area contributed by atoms with Crippen molar-refractivity contribution in [2.45, 2.75) is 0 Å². The molecule has 1 amide bonds. The molecule has 4 aromatic rings. The third-order valence-electron chi connectivity index (χ3n) is 3.56. The summed E-state index contributed by atoms with van der Waals surface area (Å²) in [5.41, 5.74) is 1.30. The van der Waals surface area contributed by atoms with E-state index >= 15 is 0 Å². The molecule has 0 radical (unpaired) electrons. The fourth-order valence-corrected chi connectivity index (χ4v) is 3.57. The molecule has 0 fully saturated rings. The molecule has 2 heterocycles. The number of nitrogens with zero attached hydrogens (tertiary/aromatic N) is 2. The Morgan fingerprint density at radius 1 is 1.21 bits per heavy atom. The molecule has 0 atom stereocenters. The maximum Gasteiger partial charge on any atom is 0.261 e. The molecule has 0 saturated heterocycles. The molecule has 0 bridgehead atoms. The molecule has 0 saturated carbocycles. The number of thiazole rings is 1. The third-order valence-corrected chi connectivity index (χ3v) is 4.73. The molecule has 0 aliphatic rings. The molecule has 4 rings (SSSR count). The minimum Gasteiger partial charge on any atom is -0.505 e. The van der Waals surface area contributed by atoms with Crippen LogP contribution in [0.3, 0.4) is 0 Å². The molecule has 5 nitrogen and oxygen atoms in total. The van der Waals surface area contributed by atoms with Gasteiger partial charge in [-0.15, -0.1) is 0 Å². The molecule has 0 aliphatic carbocycles. The molecule has 2 aromatic carbocycles. The number of carbonyl (C=O) groups excluding carboxylic acids is 1. The number of nitrogens with one attached hydrogen (secondary N) is 1. The first kappa shape index (κ1) is 14.9. The molecule has 2 N–H and O–H groups in total. The van der Waals surface area contributed by atoms with Gasteiger partial charge in [-0.3, -0.25) is 15.1 Å². The lowest BCUT2D eigenvalue weighted by Gasteiger charge is -2.06. The highest BCUT2D eigenvalue weighted by atomic mass is 35.5. The van der Waals surface area contributed by atoms with E-state index in [-0.39, 0.29) is 11.3 Å². The first-order valence-corrected chi connectivity index (χ1v) is 8.25. The fraction of sp³-hybridized carbons (Fsp3) is 0. The van der Waals surface area contributed by atoms with Gasteiger partial charge in [0.1, 0.15) is 5.52 Å². The Labute approximate surface area is 145 Å². The minimum atomic E-state index is -0.440. The van der Waals surface area contributed by atoms with E-state index in [1.807, 2.05) is 6.07 Å². The van der Waals surface area contributed by atoms with Crippen LogP contribution in [0.5, 0.6) is 5.75 Å². The van der Waals surface area contributed by atoms with Gasteiger partial charge in [0.15, 0.2) is 10.9 Å². The summed E-state index contributed by atoms with van der Waals surface area (Å²) < 4.78 is 0.877. The summed E-state index contributed by atoms with van der Waals surface area (Å²) in [6.07, 6.45) is 1.57. The molecule has 118 valence electrons. The smallest absolute Gasteiger partial charge is 0.261 e. The van der Waals surface area contributed by atoms with Gasteiger partial charge in [0, 0.05) is 16.6 Å². The molecular formula is C17H10ClN3O2S. The van der Waals surface area contributed by atoms with Crippen LogP contribution in [-0.4, -0.2) is 21.0 Å².